The van der Waals surface area contributed by atoms with E-state index in [4.69, 9.17) is 16.9 Å². The van der Waals surface area contributed by atoms with Gasteiger partial charge in [0.2, 0.25) is 5.91 Å². The van der Waals surface area contributed by atoms with Gasteiger partial charge in [-0.25, -0.2) is 0 Å². The van der Waals surface area contributed by atoms with Crippen LogP contribution in [0.15, 0.2) is 48.5 Å². The highest BCUT2D eigenvalue weighted by molar-refractivity contribution is 6.30. The third kappa shape index (κ3) is 6.28. The number of halogens is 1. The third-order valence-electron chi connectivity index (χ3n) is 3.52. The van der Waals surface area contributed by atoms with Crippen LogP contribution in [0.4, 0.5) is 0 Å². The standard InChI is InChI=1S/C19H18ClN3O2/c20-17-8-6-16(7-9-17)19(25)22-10-2-5-18(24)23-13-15-4-1-3-14(11-15)12-21/h1,3-4,6-9,11H,2,5,10,13H2,(H,22,25)(H,23,24). The molecule has 6 heteroatoms. The minimum atomic E-state index is -0.189. The van der Waals surface area contributed by atoms with E-state index < -0.39 is 0 Å². The molecule has 25 heavy (non-hydrogen) atoms. The molecule has 2 N–H and O–H groups in total. The van der Waals surface area contributed by atoms with Crippen molar-refractivity contribution in [2.45, 2.75) is 19.4 Å². The van der Waals surface area contributed by atoms with E-state index >= 15 is 0 Å². The molecule has 128 valence electrons. The number of rotatable bonds is 7. The molecule has 0 unspecified atom stereocenters. The van der Waals surface area contributed by atoms with E-state index in [1.165, 1.54) is 0 Å². The van der Waals surface area contributed by atoms with Crippen LogP contribution in [0, 0.1) is 11.3 Å². The summed E-state index contributed by atoms with van der Waals surface area (Å²) in [7, 11) is 0. The predicted molar refractivity (Wildman–Crippen MR) is 96.0 cm³/mol. The third-order valence-corrected chi connectivity index (χ3v) is 3.77. The molecule has 5 nitrogen and oxygen atoms in total. The highest BCUT2D eigenvalue weighted by Crippen LogP contribution is 2.09. The monoisotopic (exact) mass is 355 g/mol. The van der Waals surface area contributed by atoms with Crippen LogP contribution in [0.1, 0.15) is 34.3 Å². The van der Waals surface area contributed by atoms with E-state index in [-0.39, 0.29) is 11.8 Å². The molecule has 2 amide bonds. The number of nitriles is 1. The van der Waals surface area contributed by atoms with Crippen molar-refractivity contribution in [2.24, 2.45) is 0 Å². The fourth-order valence-corrected chi connectivity index (χ4v) is 2.32. The van der Waals surface area contributed by atoms with Gasteiger partial charge in [-0.2, -0.15) is 5.26 Å². The molecule has 0 saturated carbocycles. The largest absolute Gasteiger partial charge is 0.352 e. The van der Waals surface area contributed by atoms with Gasteiger partial charge in [0.1, 0.15) is 0 Å². The first-order chi connectivity index (χ1) is 12.1. The van der Waals surface area contributed by atoms with Crippen molar-refractivity contribution in [1.29, 1.82) is 5.26 Å². The number of amides is 2. The Balaban J connectivity index is 1.66. The summed E-state index contributed by atoms with van der Waals surface area (Å²) in [5, 5.41) is 15.0. The Morgan fingerprint density at radius 2 is 1.84 bits per heavy atom. The molecule has 0 bridgehead atoms. The van der Waals surface area contributed by atoms with E-state index in [0.29, 0.717) is 42.1 Å². The number of hydrogen-bond donors (Lipinski definition) is 2. The van der Waals surface area contributed by atoms with Crippen molar-refractivity contribution in [2.75, 3.05) is 6.54 Å². The molecular formula is C19H18ClN3O2. The zero-order valence-electron chi connectivity index (χ0n) is 13.6. The molecule has 0 aliphatic heterocycles. The first-order valence-electron chi connectivity index (χ1n) is 7.88. The number of nitrogens with zero attached hydrogens (tertiary/aromatic N) is 1. The van der Waals surface area contributed by atoms with E-state index in [1.807, 2.05) is 6.07 Å². The van der Waals surface area contributed by atoms with Gasteiger partial charge in [-0.15, -0.1) is 0 Å². The number of benzene rings is 2. The average molecular weight is 356 g/mol. The molecular weight excluding hydrogens is 338 g/mol. The maximum atomic E-state index is 11.9. The van der Waals surface area contributed by atoms with Gasteiger partial charge in [0, 0.05) is 30.1 Å². The quantitative estimate of drug-likeness (QED) is 0.749. The SMILES string of the molecule is N#Cc1cccc(CNC(=O)CCCNC(=O)c2ccc(Cl)cc2)c1. The molecule has 0 aliphatic carbocycles. The van der Waals surface area contributed by atoms with E-state index in [1.54, 1.807) is 42.5 Å². The Morgan fingerprint density at radius 3 is 2.56 bits per heavy atom. The lowest BCUT2D eigenvalue weighted by Gasteiger charge is -2.07. The first-order valence-corrected chi connectivity index (χ1v) is 8.26. The fourth-order valence-electron chi connectivity index (χ4n) is 2.19. The summed E-state index contributed by atoms with van der Waals surface area (Å²) < 4.78 is 0. The maximum Gasteiger partial charge on any atom is 0.251 e. The van der Waals surface area contributed by atoms with Gasteiger partial charge in [0.05, 0.1) is 11.6 Å². The van der Waals surface area contributed by atoms with Crippen molar-refractivity contribution in [3.05, 3.63) is 70.2 Å². The van der Waals surface area contributed by atoms with Gasteiger partial charge < -0.3 is 10.6 Å². The lowest BCUT2D eigenvalue weighted by atomic mass is 10.1. The van der Waals surface area contributed by atoms with Gasteiger partial charge in [0.25, 0.3) is 5.91 Å². The molecule has 0 atom stereocenters. The van der Waals surface area contributed by atoms with E-state index in [2.05, 4.69) is 16.7 Å². The zero-order valence-corrected chi connectivity index (χ0v) is 14.3. The predicted octanol–water partition coefficient (Wildman–Crippen LogP) is 3.04. The normalized spacial score (nSPS) is 9.92. The van der Waals surface area contributed by atoms with Gasteiger partial charge >= 0.3 is 0 Å². The van der Waals surface area contributed by atoms with E-state index in [0.717, 1.165) is 5.56 Å². The molecule has 0 spiro atoms. The molecule has 2 rings (SSSR count). The number of carbonyl (C=O) groups is 2. The Kier molecular flexibility index (Phi) is 7.00. The topological polar surface area (TPSA) is 82.0 Å². The summed E-state index contributed by atoms with van der Waals surface area (Å²) >= 11 is 5.78. The van der Waals surface area contributed by atoms with Gasteiger partial charge in [0.15, 0.2) is 0 Å². The summed E-state index contributed by atoms with van der Waals surface area (Å²) in [6.07, 6.45) is 0.863. The minimum Gasteiger partial charge on any atom is -0.352 e. The Hall–Kier alpha value is -2.84. The van der Waals surface area contributed by atoms with Crippen molar-refractivity contribution in [3.63, 3.8) is 0 Å². The number of carbonyl (C=O) groups excluding carboxylic acids is 2. The second-order valence-corrected chi connectivity index (χ2v) is 5.89. The summed E-state index contributed by atoms with van der Waals surface area (Å²) in [6, 6.07) is 15.8. The zero-order chi connectivity index (χ0) is 18.1. The van der Waals surface area contributed by atoms with Crippen LogP contribution >= 0.6 is 11.6 Å². The summed E-state index contributed by atoms with van der Waals surface area (Å²) in [5.41, 5.74) is 1.98. The molecule has 0 radical (unpaired) electrons. The lowest BCUT2D eigenvalue weighted by Crippen LogP contribution is -2.27. The highest BCUT2D eigenvalue weighted by Gasteiger charge is 2.06. The average Bonchev–Trinajstić information content (AvgIpc) is 2.64. The Labute approximate surface area is 151 Å². The smallest absolute Gasteiger partial charge is 0.251 e. The highest BCUT2D eigenvalue weighted by atomic mass is 35.5. The van der Waals surface area contributed by atoms with Crippen LogP contribution in [0.25, 0.3) is 0 Å². The summed E-state index contributed by atoms with van der Waals surface area (Å²) in [6.45, 7) is 0.796. The number of nitrogens with one attached hydrogen (secondary N) is 2. The first kappa shape index (κ1) is 18.5. The molecule has 0 fully saturated rings. The van der Waals surface area contributed by atoms with Gasteiger partial charge in [-0.1, -0.05) is 23.7 Å². The second-order valence-electron chi connectivity index (χ2n) is 5.46. The van der Waals surface area contributed by atoms with Crippen molar-refractivity contribution in [1.82, 2.24) is 10.6 Å². The lowest BCUT2D eigenvalue weighted by molar-refractivity contribution is -0.121. The molecule has 0 saturated heterocycles. The summed E-state index contributed by atoms with van der Waals surface area (Å²) in [4.78, 5) is 23.7. The molecule has 0 aliphatic rings. The fraction of sp³-hybridized carbons (Fsp3) is 0.211. The second kappa shape index (κ2) is 9.45. The van der Waals surface area contributed by atoms with E-state index in [9.17, 15) is 9.59 Å². The minimum absolute atomic E-state index is 0.0943. The molecule has 0 heterocycles. The van der Waals surface area contributed by atoms with Crippen LogP contribution < -0.4 is 10.6 Å². The Morgan fingerprint density at radius 1 is 1.08 bits per heavy atom. The van der Waals surface area contributed by atoms with Crippen LogP contribution in [-0.4, -0.2) is 18.4 Å². The van der Waals surface area contributed by atoms with Gasteiger partial charge in [-0.3, -0.25) is 9.59 Å². The van der Waals surface area contributed by atoms with Crippen LogP contribution in [0.5, 0.6) is 0 Å². The van der Waals surface area contributed by atoms with Crippen molar-refractivity contribution >= 4 is 23.4 Å². The molecule has 0 aromatic heterocycles. The van der Waals surface area contributed by atoms with Crippen molar-refractivity contribution < 1.29 is 9.59 Å². The molecule has 2 aromatic rings. The summed E-state index contributed by atoms with van der Waals surface area (Å²) in [5.74, 6) is -0.284. The van der Waals surface area contributed by atoms with Gasteiger partial charge in [-0.05, 0) is 48.4 Å². The van der Waals surface area contributed by atoms with Crippen LogP contribution in [0.2, 0.25) is 5.02 Å². The molecule has 2 aromatic carbocycles. The Bertz CT molecular complexity index is 782. The van der Waals surface area contributed by atoms with Crippen molar-refractivity contribution in [3.8, 4) is 6.07 Å². The van der Waals surface area contributed by atoms with Crippen LogP contribution in [0.3, 0.4) is 0 Å². The number of hydrogen-bond acceptors (Lipinski definition) is 3. The maximum absolute atomic E-state index is 11.9. The van der Waals surface area contributed by atoms with Crippen LogP contribution in [-0.2, 0) is 11.3 Å².